The molecule has 0 bridgehead atoms. The van der Waals surface area contributed by atoms with E-state index in [1.165, 1.54) is 25.3 Å². The number of carboxylic acids is 1. The van der Waals surface area contributed by atoms with Gasteiger partial charge in [-0.1, -0.05) is 35.9 Å². The third kappa shape index (κ3) is 6.02. The van der Waals surface area contributed by atoms with Gasteiger partial charge in [0.05, 0.1) is 12.7 Å². The predicted molar refractivity (Wildman–Crippen MR) is 129 cm³/mol. The summed E-state index contributed by atoms with van der Waals surface area (Å²) in [7, 11) is 1.50. The van der Waals surface area contributed by atoms with Crippen LogP contribution in [0, 0.1) is 25.2 Å². The molecular weight excluding hydrogens is 432 g/mol. The average Bonchev–Trinajstić information content (AvgIpc) is 2.83. The summed E-state index contributed by atoms with van der Waals surface area (Å²) in [6.07, 6.45) is 1.48. The fourth-order valence-corrected chi connectivity index (χ4v) is 3.26. The number of nitriles is 1. The molecule has 0 spiro atoms. The molecule has 0 aliphatic rings. The largest absolute Gasteiger partial charge is 0.493 e. The van der Waals surface area contributed by atoms with Crippen LogP contribution in [-0.2, 0) is 11.4 Å². The topological polar surface area (TPSA) is 109 Å². The zero-order chi connectivity index (χ0) is 24.7. The van der Waals surface area contributed by atoms with Crippen molar-refractivity contribution >= 4 is 23.6 Å². The van der Waals surface area contributed by atoms with Crippen molar-refractivity contribution in [1.82, 2.24) is 0 Å². The number of nitrogens with zero attached hydrogens (tertiary/aromatic N) is 1. The van der Waals surface area contributed by atoms with Crippen molar-refractivity contribution in [2.45, 2.75) is 20.5 Å². The second-order valence-corrected chi connectivity index (χ2v) is 7.64. The lowest BCUT2D eigenvalue weighted by molar-refractivity contribution is -0.112. The number of anilines is 1. The van der Waals surface area contributed by atoms with Gasteiger partial charge in [0.25, 0.3) is 5.91 Å². The summed E-state index contributed by atoms with van der Waals surface area (Å²) in [5.74, 6) is -0.584. The first-order chi connectivity index (χ1) is 16.3. The highest BCUT2D eigenvalue weighted by atomic mass is 16.5. The smallest absolute Gasteiger partial charge is 0.335 e. The highest BCUT2D eigenvalue weighted by Gasteiger charge is 2.13. The van der Waals surface area contributed by atoms with E-state index >= 15 is 0 Å². The van der Waals surface area contributed by atoms with Crippen LogP contribution >= 0.6 is 0 Å². The maximum atomic E-state index is 12.6. The molecule has 3 aromatic rings. The van der Waals surface area contributed by atoms with Crippen LogP contribution in [0.15, 0.2) is 66.2 Å². The number of carbonyl (C=O) groups excluding carboxylic acids is 1. The molecule has 2 N–H and O–H groups in total. The van der Waals surface area contributed by atoms with E-state index in [1.54, 1.807) is 30.3 Å². The van der Waals surface area contributed by atoms with Crippen LogP contribution in [0.4, 0.5) is 5.69 Å². The molecule has 0 fully saturated rings. The van der Waals surface area contributed by atoms with Crippen molar-refractivity contribution in [3.63, 3.8) is 0 Å². The molecule has 0 saturated heterocycles. The SMILES string of the molecule is COc1cc(/C=C(\C#N)C(=O)Nc2ccc(C)cc2C)ccc1OCc1ccc(C(=O)O)cc1. The van der Waals surface area contributed by atoms with Gasteiger partial charge in [-0.15, -0.1) is 0 Å². The van der Waals surface area contributed by atoms with Crippen molar-refractivity contribution in [2.24, 2.45) is 0 Å². The summed E-state index contributed by atoms with van der Waals surface area (Å²) in [6.45, 7) is 4.07. The van der Waals surface area contributed by atoms with Gasteiger partial charge in [-0.3, -0.25) is 4.79 Å². The second-order valence-electron chi connectivity index (χ2n) is 7.64. The Hall–Kier alpha value is -4.57. The molecule has 0 aliphatic heterocycles. The maximum Gasteiger partial charge on any atom is 0.335 e. The van der Waals surface area contributed by atoms with Crippen molar-refractivity contribution in [2.75, 3.05) is 12.4 Å². The minimum atomic E-state index is -0.989. The fourth-order valence-electron chi connectivity index (χ4n) is 3.26. The van der Waals surface area contributed by atoms with Crippen LogP contribution < -0.4 is 14.8 Å². The number of aromatic carboxylic acids is 1. The van der Waals surface area contributed by atoms with E-state index in [0.29, 0.717) is 22.7 Å². The Kier molecular flexibility index (Phi) is 7.67. The summed E-state index contributed by atoms with van der Waals surface area (Å²) in [6, 6.07) is 19.1. The summed E-state index contributed by atoms with van der Waals surface area (Å²) in [5, 5.41) is 21.3. The van der Waals surface area contributed by atoms with Crippen LogP contribution in [-0.4, -0.2) is 24.1 Å². The number of hydrogen-bond acceptors (Lipinski definition) is 5. The van der Waals surface area contributed by atoms with Gasteiger partial charge in [-0.05, 0) is 66.9 Å². The number of rotatable bonds is 8. The molecule has 7 nitrogen and oxygen atoms in total. The molecular formula is C27H24N2O5. The second kappa shape index (κ2) is 10.8. The van der Waals surface area contributed by atoms with Crippen LogP contribution in [0.1, 0.15) is 32.6 Å². The molecule has 3 rings (SSSR count). The van der Waals surface area contributed by atoms with Gasteiger partial charge >= 0.3 is 5.97 Å². The predicted octanol–water partition coefficient (Wildman–Crippen LogP) is 5.13. The van der Waals surface area contributed by atoms with Crippen molar-refractivity contribution in [3.8, 4) is 17.6 Å². The first kappa shape index (κ1) is 24.1. The Balaban J connectivity index is 1.74. The Morgan fingerprint density at radius 2 is 1.76 bits per heavy atom. The molecule has 0 atom stereocenters. The third-order valence-corrected chi connectivity index (χ3v) is 5.09. The van der Waals surface area contributed by atoms with Gasteiger partial charge in [0.15, 0.2) is 11.5 Å². The zero-order valence-corrected chi connectivity index (χ0v) is 19.1. The molecule has 3 aromatic carbocycles. The zero-order valence-electron chi connectivity index (χ0n) is 19.1. The van der Waals surface area contributed by atoms with E-state index in [4.69, 9.17) is 14.6 Å². The van der Waals surface area contributed by atoms with Gasteiger partial charge in [0.2, 0.25) is 0 Å². The van der Waals surface area contributed by atoms with Crippen molar-refractivity contribution < 1.29 is 24.2 Å². The van der Waals surface area contributed by atoms with Gasteiger partial charge in [-0.25, -0.2) is 4.79 Å². The number of ether oxygens (including phenoxy) is 2. The Morgan fingerprint density at radius 3 is 2.38 bits per heavy atom. The van der Waals surface area contributed by atoms with Crippen molar-refractivity contribution in [1.29, 1.82) is 5.26 Å². The van der Waals surface area contributed by atoms with Crippen LogP contribution in [0.2, 0.25) is 0 Å². The fraction of sp³-hybridized carbons (Fsp3) is 0.148. The number of carboxylic acid groups (broad SMARTS) is 1. The van der Waals surface area contributed by atoms with Gasteiger partial charge in [-0.2, -0.15) is 5.26 Å². The van der Waals surface area contributed by atoms with E-state index in [2.05, 4.69) is 5.32 Å². The van der Waals surface area contributed by atoms with Gasteiger partial charge < -0.3 is 19.9 Å². The molecule has 0 heterocycles. The lowest BCUT2D eigenvalue weighted by Crippen LogP contribution is -2.14. The number of amides is 1. The molecule has 0 radical (unpaired) electrons. The minimum absolute atomic E-state index is 0.0470. The van der Waals surface area contributed by atoms with E-state index < -0.39 is 11.9 Å². The first-order valence-corrected chi connectivity index (χ1v) is 10.4. The first-order valence-electron chi connectivity index (χ1n) is 10.4. The number of hydrogen-bond donors (Lipinski definition) is 2. The lowest BCUT2D eigenvalue weighted by Gasteiger charge is -2.12. The van der Waals surface area contributed by atoms with Crippen LogP contribution in [0.3, 0.4) is 0 Å². The standard InChI is InChI=1S/C27H24N2O5/c1-17-4-10-23(18(2)12-17)29-26(30)22(15-28)13-20-7-11-24(25(14-20)33-3)34-16-19-5-8-21(9-6-19)27(31)32/h4-14H,16H2,1-3H3,(H,29,30)(H,31,32)/b22-13+. The number of benzene rings is 3. The number of aryl methyl sites for hydroxylation is 2. The van der Waals surface area contributed by atoms with Crippen LogP contribution in [0.5, 0.6) is 11.5 Å². The van der Waals surface area contributed by atoms with E-state index in [-0.39, 0.29) is 17.7 Å². The highest BCUT2D eigenvalue weighted by Crippen LogP contribution is 2.30. The molecule has 0 aromatic heterocycles. The maximum absolute atomic E-state index is 12.6. The van der Waals surface area contributed by atoms with Crippen molar-refractivity contribution in [3.05, 3.63) is 94.1 Å². The lowest BCUT2D eigenvalue weighted by atomic mass is 10.1. The van der Waals surface area contributed by atoms with E-state index in [9.17, 15) is 14.9 Å². The Morgan fingerprint density at radius 1 is 1.03 bits per heavy atom. The van der Waals surface area contributed by atoms with Gasteiger partial charge in [0.1, 0.15) is 18.2 Å². The molecule has 0 saturated carbocycles. The molecule has 34 heavy (non-hydrogen) atoms. The summed E-state index contributed by atoms with van der Waals surface area (Å²) in [4.78, 5) is 23.6. The summed E-state index contributed by atoms with van der Waals surface area (Å²) in [5.41, 5.74) is 4.19. The number of nitrogens with one attached hydrogen (secondary N) is 1. The molecule has 172 valence electrons. The van der Waals surface area contributed by atoms with E-state index in [1.807, 2.05) is 38.1 Å². The molecule has 1 amide bonds. The summed E-state index contributed by atoms with van der Waals surface area (Å²) < 4.78 is 11.2. The third-order valence-electron chi connectivity index (χ3n) is 5.09. The quantitative estimate of drug-likeness (QED) is 0.359. The number of methoxy groups -OCH3 is 1. The normalized spacial score (nSPS) is 10.8. The van der Waals surface area contributed by atoms with E-state index in [0.717, 1.165) is 16.7 Å². The highest BCUT2D eigenvalue weighted by molar-refractivity contribution is 6.10. The average molecular weight is 456 g/mol. The molecule has 0 unspecified atom stereocenters. The Labute approximate surface area is 197 Å². The monoisotopic (exact) mass is 456 g/mol. The molecule has 7 heteroatoms. The van der Waals surface area contributed by atoms with Gasteiger partial charge in [0, 0.05) is 5.69 Å². The van der Waals surface area contributed by atoms with Crippen LogP contribution in [0.25, 0.3) is 6.08 Å². The number of carbonyl (C=O) groups is 2. The summed E-state index contributed by atoms with van der Waals surface area (Å²) >= 11 is 0. The minimum Gasteiger partial charge on any atom is -0.493 e. The Bertz CT molecular complexity index is 1290. The molecule has 0 aliphatic carbocycles.